The molecule has 0 atom stereocenters. The number of ether oxygens (including phenoxy) is 1. The van der Waals surface area contributed by atoms with Crippen molar-refractivity contribution in [3.05, 3.63) is 81.7 Å². The Morgan fingerprint density at radius 2 is 1.84 bits per heavy atom. The average molecular weight is 542 g/mol. The van der Waals surface area contributed by atoms with Gasteiger partial charge >= 0.3 is 6.09 Å². The van der Waals surface area contributed by atoms with Gasteiger partial charge in [-0.2, -0.15) is 10.2 Å². The van der Waals surface area contributed by atoms with E-state index in [0.29, 0.717) is 13.1 Å². The SMILES string of the molecule is CN(Cc1ccc(CN=Nc2ccc(-c3cccnc3)cc2)cc1I)C(=O)OC(C)(C)C. The largest absolute Gasteiger partial charge is 0.444 e. The van der Waals surface area contributed by atoms with Crippen molar-refractivity contribution < 1.29 is 9.53 Å². The molecule has 0 N–H and O–H groups in total. The van der Waals surface area contributed by atoms with Gasteiger partial charge in [0.15, 0.2) is 0 Å². The van der Waals surface area contributed by atoms with E-state index < -0.39 is 5.60 Å². The summed E-state index contributed by atoms with van der Waals surface area (Å²) in [4.78, 5) is 17.9. The molecule has 166 valence electrons. The zero-order valence-electron chi connectivity index (χ0n) is 18.7. The molecule has 0 fully saturated rings. The first-order valence-electron chi connectivity index (χ1n) is 10.3. The second kappa shape index (κ2) is 10.7. The molecule has 0 saturated heterocycles. The number of aromatic nitrogens is 1. The first-order valence-corrected chi connectivity index (χ1v) is 11.4. The van der Waals surface area contributed by atoms with Crippen LogP contribution >= 0.6 is 22.6 Å². The average Bonchev–Trinajstić information content (AvgIpc) is 2.75. The smallest absolute Gasteiger partial charge is 0.410 e. The lowest BCUT2D eigenvalue weighted by Crippen LogP contribution is -2.34. The van der Waals surface area contributed by atoms with E-state index in [1.807, 2.05) is 75.5 Å². The lowest BCUT2D eigenvalue weighted by atomic mass is 10.1. The normalized spacial score (nSPS) is 11.5. The number of pyridine rings is 1. The minimum absolute atomic E-state index is 0.333. The molecule has 0 bridgehead atoms. The van der Waals surface area contributed by atoms with Crippen molar-refractivity contribution >= 4 is 34.4 Å². The number of hydrogen-bond donors (Lipinski definition) is 0. The zero-order chi connectivity index (χ0) is 23.1. The third-order valence-corrected chi connectivity index (χ3v) is 5.54. The molecule has 2 aromatic carbocycles. The van der Waals surface area contributed by atoms with Crippen LogP contribution in [0.4, 0.5) is 10.5 Å². The van der Waals surface area contributed by atoms with E-state index in [-0.39, 0.29) is 6.09 Å². The molecule has 0 unspecified atom stereocenters. The Hall–Kier alpha value is -2.81. The molecular weight excluding hydrogens is 515 g/mol. The van der Waals surface area contributed by atoms with Gasteiger partial charge in [0.1, 0.15) is 5.60 Å². The number of carbonyl (C=O) groups excluding carboxylic acids is 1. The van der Waals surface area contributed by atoms with Crippen LogP contribution in [0.1, 0.15) is 31.9 Å². The molecule has 0 spiro atoms. The minimum Gasteiger partial charge on any atom is -0.444 e. The van der Waals surface area contributed by atoms with E-state index in [2.05, 4.69) is 43.9 Å². The number of halogens is 1. The summed E-state index contributed by atoms with van der Waals surface area (Å²) < 4.78 is 6.49. The van der Waals surface area contributed by atoms with Crippen LogP contribution in [0.25, 0.3) is 11.1 Å². The second-order valence-electron chi connectivity index (χ2n) is 8.45. The highest BCUT2D eigenvalue weighted by Crippen LogP contribution is 2.23. The van der Waals surface area contributed by atoms with Gasteiger partial charge in [-0.15, -0.1) is 0 Å². The summed E-state index contributed by atoms with van der Waals surface area (Å²) in [5.74, 6) is 0. The van der Waals surface area contributed by atoms with E-state index in [1.54, 1.807) is 18.1 Å². The number of hydrogen-bond acceptors (Lipinski definition) is 5. The molecule has 0 aliphatic heterocycles. The van der Waals surface area contributed by atoms with Gasteiger partial charge in [-0.05, 0) is 89.9 Å². The maximum atomic E-state index is 12.2. The van der Waals surface area contributed by atoms with Crippen molar-refractivity contribution in [3.8, 4) is 11.1 Å². The highest BCUT2D eigenvalue weighted by atomic mass is 127. The minimum atomic E-state index is -0.508. The number of amides is 1. The third-order valence-electron chi connectivity index (χ3n) is 4.53. The Morgan fingerprint density at radius 1 is 1.09 bits per heavy atom. The number of nitrogens with zero attached hydrogens (tertiary/aromatic N) is 4. The zero-order valence-corrected chi connectivity index (χ0v) is 20.9. The van der Waals surface area contributed by atoms with E-state index in [9.17, 15) is 4.79 Å². The van der Waals surface area contributed by atoms with Gasteiger partial charge in [0.2, 0.25) is 0 Å². The van der Waals surface area contributed by atoms with Gasteiger partial charge in [-0.3, -0.25) is 4.98 Å². The van der Waals surface area contributed by atoms with E-state index >= 15 is 0 Å². The summed E-state index contributed by atoms with van der Waals surface area (Å²) in [6, 6.07) is 18.0. The maximum absolute atomic E-state index is 12.2. The summed E-state index contributed by atoms with van der Waals surface area (Å²) in [7, 11) is 1.74. The Kier molecular flexibility index (Phi) is 7.95. The number of benzene rings is 2. The molecule has 0 radical (unpaired) electrons. The van der Waals surface area contributed by atoms with Crippen LogP contribution in [0.2, 0.25) is 0 Å². The lowest BCUT2D eigenvalue weighted by Gasteiger charge is -2.25. The van der Waals surface area contributed by atoms with Crippen LogP contribution in [-0.2, 0) is 17.8 Å². The fourth-order valence-electron chi connectivity index (χ4n) is 2.93. The molecule has 0 saturated carbocycles. The first-order chi connectivity index (χ1) is 15.2. The summed E-state index contributed by atoms with van der Waals surface area (Å²) in [6.07, 6.45) is 3.27. The van der Waals surface area contributed by atoms with Crippen LogP contribution in [0.15, 0.2) is 77.2 Å². The number of rotatable bonds is 6. The van der Waals surface area contributed by atoms with Gasteiger partial charge in [0.25, 0.3) is 0 Å². The van der Waals surface area contributed by atoms with Crippen LogP contribution in [0.3, 0.4) is 0 Å². The standard InChI is InChI=1S/C25H27IN4O2/c1-25(2,3)32-24(31)30(4)17-21-8-7-18(14-23(21)26)15-28-29-22-11-9-19(10-12-22)20-6-5-13-27-16-20/h5-14,16H,15,17H2,1-4H3. The third kappa shape index (κ3) is 7.12. The fourth-order valence-corrected chi connectivity index (χ4v) is 3.68. The van der Waals surface area contributed by atoms with Gasteiger partial charge in [0, 0.05) is 29.6 Å². The van der Waals surface area contributed by atoms with Crippen molar-refractivity contribution in [1.82, 2.24) is 9.88 Å². The molecular formula is C25H27IN4O2. The molecule has 6 nitrogen and oxygen atoms in total. The van der Waals surface area contributed by atoms with Gasteiger partial charge in [-0.25, -0.2) is 4.79 Å². The summed E-state index contributed by atoms with van der Waals surface area (Å²) in [6.45, 7) is 6.56. The van der Waals surface area contributed by atoms with Crippen LogP contribution < -0.4 is 0 Å². The molecule has 0 aliphatic carbocycles. The molecule has 3 rings (SSSR count). The van der Waals surface area contributed by atoms with E-state index in [0.717, 1.165) is 31.5 Å². The van der Waals surface area contributed by atoms with Gasteiger partial charge in [-0.1, -0.05) is 30.3 Å². The van der Waals surface area contributed by atoms with Crippen molar-refractivity contribution in [2.75, 3.05) is 7.05 Å². The lowest BCUT2D eigenvalue weighted by molar-refractivity contribution is 0.0285. The Balaban J connectivity index is 1.57. The predicted octanol–water partition coefficient (Wildman–Crippen LogP) is 7.00. The molecule has 0 aliphatic rings. The highest BCUT2D eigenvalue weighted by molar-refractivity contribution is 14.1. The van der Waals surface area contributed by atoms with Crippen molar-refractivity contribution in [1.29, 1.82) is 0 Å². The fraction of sp³-hybridized carbons (Fsp3) is 0.280. The van der Waals surface area contributed by atoms with Gasteiger partial charge in [0.05, 0.1) is 12.2 Å². The number of azo groups is 1. The van der Waals surface area contributed by atoms with Crippen LogP contribution in [-0.4, -0.2) is 28.6 Å². The van der Waals surface area contributed by atoms with Crippen LogP contribution in [0, 0.1) is 3.57 Å². The molecule has 1 aromatic heterocycles. The quantitative estimate of drug-likeness (QED) is 0.249. The van der Waals surface area contributed by atoms with E-state index in [1.165, 1.54) is 0 Å². The monoisotopic (exact) mass is 542 g/mol. The van der Waals surface area contributed by atoms with Crippen molar-refractivity contribution in [2.24, 2.45) is 10.2 Å². The predicted molar refractivity (Wildman–Crippen MR) is 135 cm³/mol. The van der Waals surface area contributed by atoms with Crippen molar-refractivity contribution in [2.45, 2.75) is 39.5 Å². The van der Waals surface area contributed by atoms with E-state index in [4.69, 9.17) is 4.74 Å². The topological polar surface area (TPSA) is 67.2 Å². The van der Waals surface area contributed by atoms with Crippen LogP contribution in [0.5, 0.6) is 0 Å². The van der Waals surface area contributed by atoms with Crippen molar-refractivity contribution in [3.63, 3.8) is 0 Å². The molecule has 1 heterocycles. The highest BCUT2D eigenvalue weighted by Gasteiger charge is 2.20. The summed E-state index contributed by atoms with van der Waals surface area (Å²) in [5.41, 5.74) is 4.59. The first kappa shape index (κ1) is 23.8. The Labute approximate surface area is 202 Å². The number of carbonyl (C=O) groups is 1. The summed E-state index contributed by atoms with van der Waals surface area (Å²) >= 11 is 2.29. The molecule has 3 aromatic rings. The maximum Gasteiger partial charge on any atom is 0.410 e. The molecule has 7 heteroatoms. The molecule has 1 amide bonds. The second-order valence-corrected chi connectivity index (χ2v) is 9.61. The molecule has 32 heavy (non-hydrogen) atoms. The summed E-state index contributed by atoms with van der Waals surface area (Å²) in [5, 5.41) is 8.67. The Bertz CT molecular complexity index is 1080. The van der Waals surface area contributed by atoms with Gasteiger partial charge < -0.3 is 9.64 Å². The Morgan fingerprint density at radius 3 is 2.47 bits per heavy atom.